The van der Waals surface area contributed by atoms with Crippen LogP contribution in [0.5, 0.6) is 0 Å². The third-order valence-electron chi connectivity index (χ3n) is 4.65. The monoisotopic (exact) mass is 386 g/mol. The molecule has 0 spiro atoms. The summed E-state index contributed by atoms with van der Waals surface area (Å²) in [6.45, 7) is 11.0. The van der Waals surface area contributed by atoms with E-state index in [0.29, 0.717) is 12.8 Å². The molecular weight excluding hydrogens is 356 g/mol. The third kappa shape index (κ3) is 4.32. The van der Waals surface area contributed by atoms with E-state index in [1.165, 1.54) is 0 Å². The van der Waals surface area contributed by atoms with Crippen molar-refractivity contribution >= 4 is 23.0 Å². The zero-order valence-electron chi connectivity index (χ0n) is 17.5. The Morgan fingerprint density at radius 1 is 1.00 bits per heavy atom. The van der Waals surface area contributed by atoms with Gasteiger partial charge in [-0.25, -0.2) is 9.59 Å². The lowest BCUT2D eigenvalue weighted by Gasteiger charge is -2.33. The Hall–Kier alpha value is -2.50. The second-order valence-electron chi connectivity index (χ2n) is 9.32. The summed E-state index contributed by atoms with van der Waals surface area (Å²) in [5.41, 5.74) is 0.730. The standard InChI is InChI=1S/C22H30N2O4/c1-21(2,3)27-19(25)18-12-11-17(24(18)20(26)28-22(4,5)6)15-13-23-16-10-8-7-9-14(15)16/h7-10,13,17-18,23H,11-12H2,1-6H3/t17-,18+/m1/s1. The van der Waals surface area contributed by atoms with Gasteiger partial charge in [0.15, 0.2) is 0 Å². The number of aromatic amines is 1. The number of carbonyl (C=O) groups is 2. The lowest BCUT2D eigenvalue weighted by Crippen LogP contribution is -2.46. The fourth-order valence-corrected chi connectivity index (χ4v) is 3.66. The number of amides is 1. The number of benzene rings is 1. The van der Waals surface area contributed by atoms with E-state index in [0.717, 1.165) is 16.5 Å². The number of ether oxygens (including phenoxy) is 2. The molecule has 0 bridgehead atoms. The van der Waals surface area contributed by atoms with Crippen LogP contribution in [0.3, 0.4) is 0 Å². The number of para-hydroxylation sites is 1. The number of rotatable bonds is 2. The molecule has 0 radical (unpaired) electrons. The summed E-state index contributed by atoms with van der Waals surface area (Å²) in [5, 5.41) is 1.05. The van der Waals surface area contributed by atoms with Crippen LogP contribution in [0.4, 0.5) is 4.79 Å². The number of carbonyl (C=O) groups excluding carboxylic acids is 2. The minimum atomic E-state index is -0.660. The van der Waals surface area contributed by atoms with Crippen molar-refractivity contribution in [1.29, 1.82) is 0 Å². The summed E-state index contributed by atoms with van der Waals surface area (Å²) >= 11 is 0. The van der Waals surface area contributed by atoms with Crippen LogP contribution in [0.15, 0.2) is 30.5 Å². The highest BCUT2D eigenvalue weighted by molar-refractivity contribution is 5.86. The van der Waals surface area contributed by atoms with Crippen LogP contribution in [-0.2, 0) is 14.3 Å². The molecule has 1 N–H and O–H groups in total. The van der Waals surface area contributed by atoms with Crippen molar-refractivity contribution in [3.05, 3.63) is 36.0 Å². The second kappa shape index (κ2) is 7.15. The molecule has 1 saturated heterocycles. The first kappa shape index (κ1) is 20.2. The SMILES string of the molecule is CC(C)(C)OC(=O)[C@@H]1CC[C@H](c2c[nH]c3ccccc23)N1C(=O)OC(C)(C)C. The van der Waals surface area contributed by atoms with E-state index in [9.17, 15) is 9.59 Å². The summed E-state index contributed by atoms with van der Waals surface area (Å²) in [6.07, 6.45) is 2.64. The van der Waals surface area contributed by atoms with Crippen LogP contribution in [-0.4, -0.2) is 39.2 Å². The molecule has 3 rings (SSSR count). The predicted octanol–water partition coefficient (Wildman–Crippen LogP) is 4.95. The van der Waals surface area contributed by atoms with Crippen LogP contribution in [0, 0.1) is 0 Å². The van der Waals surface area contributed by atoms with Gasteiger partial charge in [0, 0.05) is 22.7 Å². The lowest BCUT2D eigenvalue weighted by atomic mass is 10.0. The lowest BCUT2D eigenvalue weighted by molar-refractivity contribution is -0.160. The molecule has 1 aromatic heterocycles. The Bertz CT molecular complexity index is 873. The summed E-state index contributed by atoms with van der Waals surface area (Å²) in [7, 11) is 0. The molecule has 0 saturated carbocycles. The molecule has 1 aliphatic rings. The van der Waals surface area contributed by atoms with Crippen LogP contribution in [0.1, 0.15) is 66.0 Å². The number of esters is 1. The van der Waals surface area contributed by atoms with E-state index in [4.69, 9.17) is 9.47 Å². The molecule has 1 aromatic carbocycles. The Morgan fingerprint density at radius 3 is 2.29 bits per heavy atom. The number of hydrogen-bond donors (Lipinski definition) is 1. The fraction of sp³-hybridized carbons (Fsp3) is 0.545. The molecule has 0 unspecified atom stereocenters. The molecule has 6 nitrogen and oxygen atoms in total. The molecule has 1 fully saturated rings. The topological polar surface area (TPSA) is 71.6 Å². The summed E-state index contributed by atoms with van der Waals surface area (Å²) < 4.78 is 11.2. The largest absolute Gasteiger partial charge is 0.458 e. The quantitative estimate of drug-likeness (QED) is 0.741. The van der Waals surface area contributed by atoms with Gasteiger partial charge >= 0.3 is 12.1 Å². The van der Waals surface area contributed by atoms with E-state index in [1.807, 2.05) is 72.0 Å². The number of nitrogens with zero attached hydrogens (tertiary/aromatic N) is 1. The average molecular weight is 386 g/mol. The smallest absolute Gasteiger partial charge is 0.411 e. The van der Waals surface area contributed by atoms with Crippen LogP contribution in [0.25, 0.3) is 10.9 Å². The number of H-pyrrole nitrogens is 1. The number of fused-ring (bicyclic) bond motifs is 1. The van der Waals surface area contributed by atoms with Gasteiger partial charge in [0.2, 0.25) is 0 Å². The van der Waals surface area contributed by atoms with Gasteiger partial charge in [0.1, 0.15) is 17.2 Å². The second-order valence-corrected chi connectivity index (χ2v) is 9.32. The van der Waals surface area contributed by atoms with E-state index >= 15 is 0 Å². The maximum atomic E-state index is 13.1. The highest BCUT2D eigenvalue weighted by Gasteiger charge is 2.45. The van der Waals surface area contributed by atoms with Gasteiger partial charge in [-0.15, -0.1) is 0 Å². The third-order valence-corrected chi connectivity index (χ3v) is 4.65. The number of aromatic nitrogens is 1. The normalized spacial score (nSPS) is 20.4. The first-order valence-electron chi connectivity index (χ1n) is 9.76. The Labute approximate surface area is 166 Å². The van der Waals surface area contributed by atoms with E-state index < -0.39 is 23.3 Å². The summed E-state index contributed by atoms with van der Waals surface area (Å²) in [4.78, 5) is 30.7. The van der Waals surface area contributed by atoms with Gasteiger partial charge in [-0.2, -0.15) is 0 Å². The highest BCUT2D eigenvalue weighted by Crippen LogP contribution is 2.40. The van der Waals surface area contributed by atoms with Crippen LogP contribution >= 0.6 is 0 Å². The van der Waals surface area contributed by atoms with Crippen molar-refractivity contribution in [2.75, 3.05) is 0 Å². The Kier molecular flexibility index (Phi) is 5.17. The van der Waals surface area contributed by atoms with Crippen molar-refractivity contribution in [3.63, 3.8) is 0 Å². The molecule has 1 amide bonds. The van der Waals surface area contributed by atoms with Gasteiger partial charge in [0.05, 0.1) is 6.04 Å². The molecule has 0 aliphatic carbocycles. The molecule has 2 atom stereocenters. The predicted molar refractivity (Wildman–Crippen MR) is 108 cm³/mol. The van der Waals surface area contributed by atoms with E-state index in [-0.39, 0.29) is 12.0 Å². The molecule has 6 heteroatoms. The van der Waals surface area contributed by atoms with Crippen molar-refractivity contribution in [2.24, 2.45) is 0 Å². The van der Waals surface area contributed by atoms with Gasteiger partial charge in [-0.05, 0) is 60.5 Å². The summed E-state index contributed by atoms with van der Waals surface area (Å²) in [5.74, 6) is -0.388. The fourth-order valence-electron chi connectivity index (χ4n) is 3.66. The highest BCUT2D eigenvalue weighted by atomic mass is 16.6. The van der Waals surface area contributed by atoms with E-state index in [2.05, 4.69) is 4.98 Å². The minimum absolute atomic E-state index is 0.247. The molecule has 152 valence electrons. The molecular formula is C22H30N2O4. The first-order valence-corrected chi connectivity index (χ1v) is 9.76. The zero-order chi connectivity index (χ0) is 20.7. The van der Waals surface area contributed by atoms with Gasteiger partial charge in [0.25, 0.3) is 0 Å². The van der Waals surface area contributed by atoms with E-state index in [1.54, 1.807) is 4.90 Å². The molecule has 1 aliphatic heterocycles. The van der Waals surface area contributed by atoms with Crippen molar-refractivity contribution < 1.29 is 19.1 Å². The van der Waals surface area contributed by atoms with Crippen LogP contribution < -0.4 is 0 Å². The van der Waals surface area contributed by atoms with Crippen molar-refractivity contribution in [2.45, 2.75) is 77.7 Å². The first-order chi connectivity index (χ1) is 13.0. The molecule has 28 heavy (non-hydrogen) atoms. The number of hydrogen-bond acceptors (Lipinski definition) is 4. The van der Waals surface area contributed by atoms with Crippen LogP contribution in [0.2, 0.25) is 0 Å². The van der Waals surface area contributed by atoms with Gasteiger partial charge in [-0.1, -0.05) is 18.2 Å². The Morgan fingerprint density at radius 2 is 1.64 bits per heavy atom. The maximum Gasteiger partial charge on any atom is 0.411 e. The minimum Gasteiger partial charge on any atom is -0.458 e. The molecule has 2 aromatic rings. The number of likely N-dealkylation sites (tertiary alicyclic amines) is 1. The zero-order valence-corrected chi connectivity index (χ0v) is 17.5. The average Bonchev–Trinajstić information content (AvgIpc) is 3.15. The van der Waals surface area contributed by atoms with Gasteiger partial charge in [-0.3, -0.25) is 4.90 Å². The maximum absolute atomic E-state index is 13.1. The molecule has 2 heterocycles. The Balaban J connectivity index is 1.97. The van der Waals surface area contributed by atoms with Gasteiger partial charge < -0.3 is 14.5 Å². The van der Waals surface area contributed by atoms with Crippen molar-refractivity contribution in [1.82, 2.24) is 9.88 Å². The van der Waals surface area contributed by atoms with Crippen molar-refractivity contribution in [3.8, 4) is 0 Å². The summed E-state index contributed by atoms with van der Waals surface area (Å²) in [6, 6.07) is 7.05. The number of nitrogens with one attached hydrogen (secondary N) is 1.